The van der Waals surface area contributed by atoms with Gasteiger partial charge in [0, 0.05) is 0 Å². The van der Waals surface area contributed by atoms with Crippen LogP contribution in [0.1, 0.15) is 47.5 Å². The summed E-state index contributed by atoms with van der Waals surface area (Å²) in [6.07, 6.45) is 4.47. The van der Waals surface area contributed by atoms with Crippen LogP contribution in [0.15, 0.2) is 11.8 Å². The van der Waals surface area contributed by atoms with Gasteiger partial charge in [-0.25, -0.2) is 0 Å². The molecular formula is C13H23N. The Morgan fingerprint density at radius 2 is 2.00 bits per heavy atom. The van der Waals surface area contributed by atoms with Gasteiger partial charge >= 0.3 is 0 Å². The molecule has 0 rings (SSSR count). The topological polar surface area (TPSA) is 12.0 Å². The predicted molar refractivity (Wildman–Crippen MR) is 63.9 cm³/mol. The van der Waals surface area contributed by atoms with Crippen LogP contribution in [-0.4, -0.2) is 6.54 Å². The maximum absolute atomic E-state index is 3.19. The molecule has 0 aliphatic heterocycles. The van der Waals surface area contributed by atoms with Gasteiger partial charge in [0.1, 0.15) is 0 Å². The lowest BCUT2D eigenvalue weighted by molar-refractivity contribution is 0.377. The highest BCUT2D eigenvalue weighted by Crippen LogP contribution is 2.22. The Balaban J connectivity index is 3.71. The molecule has 1 heteroatoms. The molecule has 0 aromatic heterocycles. The highest BCUT2D eigenvalue weighted by molar-refractivity contribution is 5.02. The van der Waals surface area contributed by atoms with Gasteiger partial charge in [0.15, 0.2) is 0 Å². The maximum Gasteiger partial charge on any atom is 0.0760 e. The highest BCUT2D eigenvalue weighted by Gasteiger charge is 2.09. The van der Waals surface area contributed by atoms with Crippen molar-refractivity contribution in [2.45, 2.75) is 47.5 Å². The molecule has 0 saturated heterocycles. The van der Waals surface area contributed by atoms with E-state index in [9.17, 15) is 0 Å². The summed E-state index contributed by atoms with van der Waals surface area (Å²) < 4.78 is 0. The Labute approximate surface area is 89.0 Å². The van der Waals surface area contributed by atoms with E-state index >= 15 is 0 Å². The molecule has 0 radical (unpaired) electrons. The van der Waals surface area contributed by atoms with Crippen molar-refractivity contribution >= 4 is 0 Å². The van der Waals surface area contributed by atoms with Crippen molar-refractivity contribution in [3.63, 3.8) is 0 Å². The number of hydrogen-bond acceptors (Lipinski definition) is 1. The van der Waals surface area contributed by atoms with Crippen LogP contribution in [0.25, 0.3) is 0 Å². The first-order valence-electron chi connectivity index (χ1n) is 5.24. The number of rotatable bonds is 4. The van der Waals surface area contributed by atoms with E-state index in [2.05, 4.69) is 51.1 Å². The zero-order valence-electron chi connectivity index (χ0n) is 10.2. The third-order valence-corrected chi connectivity index (χ3v) is 1.99. The Kier molecular flexibility index (Phi) is 6.12. The van der Waals surface area contributed by atoms with E-state index in [-0.39, 0.29) is 0 Å². The fourth-order valence-corrected chi connectivity index (χ4v) is 1.01. The van der Waals surface area contributed by atoms with E-state index in [0.29, 0.717) is 5.41 Å². The molecule has 0 bridgehead atoms. The minimum absolute atomic E-state index is 0.429. The molecule has 0 aromatic carbocycles. The first kappa shape index (κ1) is 13.1. The SMILES string of the molecule is CC#CCN/C=C(\C)CCC(C)(C)C. The van der Waals surface area contributed by atoms with Gasteiger partial charge in [-0.05, 0) is 38.3 Å². The second-order valence-corrected chi connectivity index (χ2v) is 4.86. The molecule has 0 saturated carbocycles. The lowest BCUT2D eigenvalue weighted by atomic mass is 9.89. The number of hydrogen-bond donors (Lipinski definition) is 1. The van der Waals surface area contributed by atoms with Gasteiger partial charge < -0.3 is 5.32 Å². The van der Waals surface area contributed by atoms with E-state index in [1.165, 1.54) is 12.0 Å². The van der Waals surface area contributed by atoms with Gasteiger partial charge in [-0.3, -0.25) is 0 Å². The first-order chi connectivity index (χ1) is 6.45. The molecule has 0 heterocycles. The molecule has 0 spiro atoms. The van der Waals surface area contributed by atoms with Gasteiger partial charge in [-0.1, -0.05) is 32.3 Å². The van der Waals surface area contributed by atoms with Crippen LogP contribution in [-0.2, 0) is 0 Å². The van der Waals surface area contributed by atoms with Crippen molar-refractivity contribution in [1.29, 1.82) is 0 Å². The van der Waals surface area contributed by atoms with Gasteiger partial charge in [0.05, 0.1) is 6.54 Å². The van der Waals surface area contributed by atoms with Crippen molar-refractivity contribution in [3.05, 3.63) is 11.8 Å². The third kappa shape index (κ3) is 9.19. The maximum atomic E-state index is 3.19. The van der Waals surface area contributed by atoms with Crippen molar-refractivity contribution < 1.29 is 0 Å². The summed E-state index contributed by atoms with van der Waals surface area (Å²) in [6, 6.07) is 0. The van der Waals surface area contributed by atoms with Crippen LogP contribution in [0.2, 0.25) is 0 Å². The zero-order chi connectivity index (χ0) is 11.0. The fourth-order valence-electron chi connectivity index (χ4n) is 1.01. The Hall–Kier alpha value is -0.900. The van der Waals surface area contributed by atoms with Gasteiger partial charge in [0.2, 0.25) is 0 Å². The second-order valence-electron chi connectivity index (χ2n) is 4.86. The smallest absolute Gasteiger partial charge is 0.0760 e. The Morgan fingerprint density at radius 3 is 2.50 bits per heavy atom. The molecule has 14 heavy (non-hydrogen) atoms. The summed E-state index contributed by atoms with van der Waals surface area (Å²) >= 11 is 0. The summed E-state index contributed by atoms with van der Waals surface area (Å²) in [5.41, 5.74) is 1.83. The minimum Gasteiger partial charge on any atom is -0.380 e. The number of allylic oxidation sites excluding steroid dienone is 1. The molecular weight excluding hydrogens is 170 g/mol. The van der Waals surface area contributed by atoms with Crippen LogP contribution in [0.4, 0.5) is 0 Å². The van der Waals surface area contributed by atoms with Gasteiger partial charge in [-0.15, -0.1) is 5.92 Å². The largest absolute Gasteiger partial charge is 0.380 e. The molecule has 1 N–H and O–H groups in total. The third-order valence-electron chi connectivity index (χ3n) is 1.99. The normalized spacial score (nSPS) is 11.9. The van der Waals surface area contributed by atoms with Crippen LogP contribution >= 0.6 is 0 Å². The van der Waals surface area contributed by atoms with Crippen molar-refractivity contribution in [1.82, 2.24) is 5.32 Å². The van der Waals surface area contributed by atoms with Gasteiger partial charge in [-0.2, -0.15) is 0 Å². The summed E-state index contributed by atoms with van der Waals surface area (Å²) in [5.74, 6) is 5.83. The monoisotopic (exact) mass is 193 g/mol. The molecule has 0 fully saturated rings. The van der Waals surface area contributed by atoms with E-state index in [0.717, 1.165) is 13.0 Å². The molecule has 1 nitrogen and oxygen atoms in total. The molecule has 80 valence electrons. The highest BCUT2D eigenvalue weighted by atomic mass is 14.8. The average molecular weight is 193 g/mol. The van der Waals surface area contributed by atoms with E-state index in [1.54, 1.807) is 0 Å². The van der Waals surface area contributed by atoms with Crippen molar-refractivity contribution in [2.24, 2.45) is 5.41 Å². The van der Waals surface area contributed by atoms with Crippen molar-refractivity contribution in [3.8, 4) is 11.8 Å². The summed E-state index contributed by atoms with van der Waals surface area (Å²) in [7, 11) is 0. The van der Waals surface area contributed by atoms with E-state index in [4.69, 9.17) is 0 Å². The lowest BCUT2D eigenvalue weighted by Crippen LogP contribution is -2.07. The Bertz CT molecular complexity index is 232. The second kappa shape index (κ2) is 6.54. The molecule has 0 atom stereocenters. The fraction of sp³-hybridized carbons (Fsp3) is 0.692. The van der Waals surface area contributed by atoms with E-state index in [1.807, 2.05) is 6.92 Å². The van der Waals surface area contributed by atoms with Crippen LogP contribution in [0.5, 0.6) is 0 Å². The standard InChI is InChI=1S/C13H23N/c1-6-7-10-14-11-12(2)8-9-13(3,4)5/h11,14H,8-10H2,1-5H3/b12-11+. The Morgan fingerprint density at radius 1 is 1.36 bits per heavy atom. The number of nitrogens with one attached hydrogen (secondary N) is 1. The van der Waals surface area contributed by atoms with Crippen LogP contribution in [0, 0.1) is 17.3 Å². The summed E-state index contributed by atoms with van der Waals surface area (Å²) in [6.45, 7) is 11.6. The van der Waals surface area contributed by atoms with Crippen molar-refractivity contribution in [2.75, 3.05) is 6.54 Å². The van der Waals surface area contributed by atoms with Gasteiger partial charge in [0.25, 0.3) is 0 Å². The predicted octanol–water partition coefficient (Wildman–Crippen LogP) is 3.33. The zero-order valence-corrected chi connectivity index (χ0v) is 10.2. The molecule has 0 unspecified atom stereocenters. The molecule has 0 aromatic rings. The molecule has 0 aliphatic carbocycles. The minimum atomic E-state index is 0.429. The van der Waals surface area contributed by atoms with Crippen LogP contribution in [0.3, 0.4) is 0 Å². The lowest BCUT2D eigenvalue weighted by Gasteiger charge is -2.17. The molecule has 0 amide bonds. The molecule has 0 aliphatic rings. The average Bonchev–Trinajstić information content (AvgIpc) is 2.08. The van der Waals surface area contributed by atoms with E-state index < -0.39 is 0 Å². The summed E-state index contributed by atoms with van der Waals surface area (Å²) in [5, 5.41) is 3.19. The first-order valence-corrected chi connectivity index (χ1v) is 5.24. The summed E-state index contributed by atoms with van der Waals surface area (Å²) in [4.78, 5) is 0. The quantitative estimate of drug-likeness (QED) is 0.533. The van der Waals surface area contributed by atoms with Crippen LogP contribution < -0.4 is 5.32 Å².